The molecule has 1 heterocycles. The monoisotopic (exact) mass is 226 g/mol. The topological polar surface area (TPSA) is 35.0 Å². The molecule has 1 aliphatic rings. The molecule has 0 atom stereocenters. The number of hydrogen-bond donors (Lipinski definition) is 0. The van der Waals surface area contributed by atoms with Gasteiger partial charge in [0.05, 0.1) is 6.10 Å². The largest absolute Gasteiger partial charge is 0.371 e. The van der Waals surface area contributed by atoms with Crippen molar-refractivity contribution in [1.82, 2.24) is 9.97 Å². The van der Waals surface area contributed by atoms with Crippen LogP contribution in [0.4, 0.5) is 0 Å². The summed E-state index contributed by atoms with van der Waals surface area (Å²) in [6.07, 6.45) is 3.37. The average molecular weight is 227 g/mol. The zero-order valence-corrected chi connectivity index (χ0v) is 9.84. The molecule has 15 heavy (non-hydrogen) atoms. The number of ether oxygens (including phenoxy) is 1. The fourth-order valence-electron chi connectivity index (χ4n) is 1.74. The van der Waals surface area contributed by atoms with Gasteiger partial charge in [0.1, 0.15) is 11.8 Å². The Morgan fingerprint density at radius 1 is 1.33 bits per heavy atom. The first kappa shape index (κ1) is 10.8. The van der Waals surface area contributed by atoms with Gasteiger partial charge in [0.15, 0.2) is 5.82 Å². The Hall–Kier alpha value is -0.670. The van der Waals surface area contributed by atoms with Gasteiger partial charge in [0.25, 0.3) is 0 Å². The minimum atomic E-state index is 0.195. The van der Waals surface area contributed by atoms with Gasteiger partial charge in [-0.1, -0.05) is 11.6 Å². The van der Waals surface area contributed by atoms with Gasteiger partial charge in [-0.25, -0.2) is 9.97 Å². The van der Waals surface area contributed by atoms with Crippen LogP contribution in [0.15, 0.2) is 0 Å². The summed E-state index contributed by atoms with van der Waals surface area (Å²) in [6, 6.07) is 0. The van der Waals surface area contributed by atoms with Crippen LogP contribution in [0, 0.1) is 0 Å². The molecule has 0 aliphatic heterocycles. The summed E-state index contributed by atoms with van der Waals surface area (Å²) in [5.41, 5.74) is 2.24. The maximum atomic E-state index is 6.08. The minimum absolute atomic E-state index is 0.195. The molecule has 0 spiro atoms. The van der Waals surface area contributed by atoms with Gasteiger partial charge in [-0.15, -0.1) is 0 Å². The fraction of sp³-hybridized carbons (Fsp3) is 0.636. The van der Waals surface area contributed by atoms with Crippen LogP contribution in [0.2, 0.25) is 5.15 Å². The van der Waals surface area contributed by atoms with E-state index >= 15 is 0 Å². The molecule has 0 aromatic carbocycles. The van der Waals surface area contributed by atoms with Crippen LogP contribution in [-0.4, -0.2) is 16.1 Å². The van der Waals surface area contributed by atoms with E-state index in [1.165, 1.54) is 0 Å². The molecule has 0 amide bonds. The second-order valence-electron chi connectivity index (χ2n) is 4.07. The highest BCUT2D eigenvalue weighted by Gasteiger charge is 2.18. The lowest BCUT2D eigenvalue weighted by Crippen LogP contribution is -2.07. The van der Waals surface area contributed by atoms with E-state index in [0.717, 1.165) is 30.5 Å². The Morgan fingerprint density at radius 3 is 2.87 bits per heavy atom. The van der Waals surface area contributed by atoms with Gasteiger partial charge in [-0.05, 0) is 33.1 Å². The molecule has 1 aromatic heterocycles. The van der Waals surface area contributed by atoms with Crippen molar-refractivity contribution in [2.45, 2.75) is 45.8 Å². The number of aromatic nitrogens is 2. The number of nitrogens with zero attached hydrogens (tertiary/aromatic N) is 2. The zero-order chi connectivity index (χ0) is 10.8. The highest BCUT2D eigenvalue weighted by atomic mass is 35.5. The average Bonchev–Trinajstić information content (AvgIpc) is 2.63. The van der Waals surface area contributed by atoms with Crippen molar-refractivity contribution in [3.05, 3.63) is 22.2 Å². The van der Waals surface area contributed by atoms with E-state index in [1.807, 2.05) is 13.8 Å². The first-order valence-electron chi connectivity index (χ1n) is 5.32. The summed E-state index contributed by atoms with van der Waals surface area (Å²) >= 11 is 6.08. The van der Waals surface area contributed by atoms with E-state index in [4.69, 9.17) is 16.3 Å². The van der Waals surface area contributed by atoms with Crippen molar-refractivity contribution < 1.29 is 4.74 Å². The van der Waals surface area contributed by atoms with Gasteiger partial charge >= 0.3 is 0 Å². The van der Waals surface area contributed by atoms with Gasteiger partial charge in [-0.3, -0.25) is 0 Å². The number of hydrogen-bond acceptors (Lipinski definition) is 3. The molecule has 0 radical (unpaired) electrons. The fourth-order valence-corrected chi connectivity index (χ4v) is 2.04. The normalized spacial score (nSPS) is 14.7. The summed E-state index contributed by atoms with van der Waals surface area (Å²) in [4.78, 5) is 8.71. The predicted molar refractivity (Wildman–Crippen MR) is 59.0 cm³/mol. The standard InChI is InChI=1S/C11H15ClN2O/c1-7(2)15-6-10-13-9-5-3-4-8(9)11(12)14-10/h7H,3-6H2,1-2H3. The molecule has 1 aliphatic carbocycles. The maximum Gasteiger partial charge on any atom is 0.156 e. The quantitative estimate of drug-likeness (QED) is 0.743. The third-order valence-corrected chi connectivity index (χ3v) is 2.79. The number of rotatable bonds is 3. The van der Waals surface area contributed by atoms with Gasteiger partial charge in [-0.2, -0.15) is 0 Å². The van der Waals surface area contributed by atoms with E-state index in [9.17, 15) is 0 Å². The summed E-state index contributed by atoms with van der Waals surface area (Å²) in [5.74, 6) is 0.703. The molecule has 2 rings (SSSR count). The molecule has 0 N–H and O–H groups in total. The third kappa shape index (κ3) is 2.47. The summed E-state index contributed by atoms with van der Waals surface area (Å²) < 4.78 is 5.46. The van der Waals surface area contributed by atoms with Crippen molar-refractivity contribution in [3.8, 4) is 0 Å². The van der Waals surface area contributed by atoms with Crippen LogP contribution < -0.4 is 0 Å². The Labute approximate surface area is 94.8 Å². The SMILES string of the molecule is CC(C)OCc1nc(Cl)c2c(n1)CCC2. The molecule has 82 valence electrons. The molecule has 1 aromatic rings. The molecule has 0 saturated heterocycles. The first-order valence-corrected chi connectivity index (χ1v) is 5.70. The Morgan fingerprint density at radius 2 is 2.13 bits per heavy atom. The van der Waals surface area contributed by atoms with E-state index in [1.54, 1.807) is 0 Å². The Balaban J connectivity index is 2.16. The molecule has 0 unspecified atom stereocenters. The number of aryl methyl sites for hydroxylation is 1. The van der Waals surface area contributed by atoms with Crippen LogP contribution in [0.25, 0.3) is 0 Å². The molecule has 0 saturated carbocycles. The molecule has 4 heteroatoms. The van der Waals surface area contributed by atoms with Gasteiger partial charge in [0, 0.05) is 11.3 Å². The first-order chi connectivity index (χ1) is 7.16. The Bertz CT molecular complexity index is 366. The van der Waals surface area contributed by atoms with Crippen molar-refractivity contribution in [1.29, 1.82) is 0 Å². The summed E-state index contributed by atoms with van der Waals surface area (Å²) in [6.45, 7) is 4.44. The van der Waals surface area contributed by atoms with Crippen LogP contribution in [-0.2, 0) is 24.2 Å². The third-order valence-electron chi connectivity index (χ3n) is 2.47. The molecular formula is C11H15ClN2O. The van der Waals surface area contributed by atoms with Crippen molar-refractivity contribution >= 4 is 11.6 Å². The van der Waals surface area contributed by atoms with Crippen LogP contribution in [0.5, 0.6) is 0 Å². The predicted octanol–water partition coefficient (Wildman–Crippen LogP) is 2.54. The highest BCUT2D eigenvalue weighted by molar-refractivity contribution is 6.30. The zero-order valence-electron chi connectivity index (χ0n) is 9.09. The van der Waals surface area contributed by atoms with E-state index in [-0.39, 0.29) is 6.10 Å². The maximum absolute atomic E-state index is 6.08. The number of fused-ring (bicyclic) bond motifs is 1. The molecule has 0 bridgehead atoms. The Kier molecular flexibility index (Phi) is 3.22. The summed E-state index contributed by atoms with van der Waals surface area (Å²) in [7, 11) is 0. The van der Waals surface area contributed by atoms with Gasteiger partial charge < -0.3 is 4.74 Å². The smallest absolute Gasteiger partial charge is 0.156 e. The van der Waals surface area contributed by atoms with Crippen LogP contribution >= 0.6 is 11.6 Å². The van der Waals surface area contributed by atoms with Gasteiger partial charge in [0.2, 0.25) is 0 Å². The number of halogens is 1. The van der Waals surface area contributed by atoms with E-state index in [2.05, 4.69) is 9.97 Å². The van der Waals surface area contributed by atoms with E-state index < -0.39 is 0 Å². The second kappa shape index (κ2) is 4.45. The van der Waals surface area contributed by atoms with Crippen LogP contribution in [0.3, 0.4) is 0 Å². The van der Waals surface area contributed by atoms with E-state index in [0.29, 0.717) is 17.6 Å². The minimum Gasteiger partial charge on any atom is -0.371 e. The lowest BCUT2D eigenvalue weighted by atomic mass is 10.3. The van der Waals surface area contributed by atoms with Crippen LogP contribution in [0.1, 0.15) is 37.4 Å². The molecule has 3 nitrogen and oxygen atoms in total. The highest BCUT2D eigenvalue weighted by Crippen LogP contribution is 2.25. The molecular weight excluding hydrogens is 212 g/mol. The van der Waals surface area contributed by atoms with Crippen molar-refractivity contribution in [2.24, 2.45) is 0 Å². The molecule has 0 fully saturated rings. The van der Waals surface area contributed by atoms with Crippen molar-refractivity contribution in [3.63, 3.8) is 0 Å². The van der Waals surface area contributed by atoms with Crippen molar-refractivity contribution in [2.75, 3.05) is 0 Å². The lowest BCUT2D eigenvalue weighted by Gasteiger charge is -2.08. The second-order valence-corrected chi connectivity index (χ2v) is 4.43. The summed E-state index contributed by atoms with van der Waals surface area (Å²) in [5, 5.41) is 0.611. The lowest BCUT2D eigenvalue weighted by molar-refractivity contribution is 0.0612.